The molecular weight excluding hydrogens is 202 g/mol. The van der Waals surface area contributed by atoms with Crippen molar-refractivity contribution in [3.63, 3.8) is 0 Å². The number of oxazole rings is 1. The highest BCUT2D eigenvalue weighted by molar-refractivity contribution is 5.04. The Morgan fingerprint density at radius 1 is 1.50 bits per heavy atom. The molecule has 0 saturated carbocycles. The van der Waals surface area contributed by atoms with Crippen molar-refractivity contribution in [1.82, 2.24) is 15.2 Å². The Labute approximate surface area is 97.0 Å². The number of hydrogen-bond donors (Lipinski definition) is 1. The number of nitrogens with zero attached hydrogens (tertiary/aromatic N) is 2. The van der Waals surface area contributed by atoms with Gasteiger partial charge in [0, 0.05) is 12.6 Å². The van der Waals surface area contributed by atoms with Crippen LogP contribution >= 0.6 is 0 Å². The highest BCUT2D eigenvalue weighted by Gasteiger charge is 2.18. The monoisotopic (exact) mass is 223 g/mol. The zero-order valence-corrected chi connectivity index (χ0v) is 10.2. The lowest BCUT2D eigenvalue weighted by molar-refractivity contribution is 0.213. The van der Waals surface area contributed by atoms with Crippen LogP contribution in [0.4, 0.5) is 0 Å². The Morgan fingerprint density at radius 3 is 3.12 bits per heavy atom. The molecule has 0 bridgehead atoms. The van der Waals surface area contributed by atoms with Crippen molar-refractivity contribution in [2.45, 2.75) is 38.8 Å². The fourth-order valence-corrected chi connectivity index (χ4v) is 2.29. The Kier molecular flexibility index (Phi) is 3.96. The van der Waals surface area contributed by atoms with Crippen molar-refractivity contribution in [2.24, 2.45) is 0 Å². The van der Waals surface area contributed by atoms with E-state index < -0.39 is 0 Å². The van der Waals surface area contributed by atoms with Crippen LogP contribution in [0.5, 0.6) is 0 Å². The molecule has 1 aromatic heterocycles. The van der Waals surface area contributed by atoms with E-state index in [2.05, 4.69) is 22.2 Å². The topological polar surface area (TPSA) is 41.3 Å². The van der Waals surface area contributed by atoms with Crippen LogP contribution < -0.4 is 5.32 Å². The van der Waals surface area contributed by atoms with Gasteiger partial charge in [0.1, 0.15) is 5.76 Å². The first-order chi connectivity index (χ1) is 7.77. The summed E-state index contributed by atoms with van der Waals surface area (Å²) in [6.45, 7) is 5.16. The van der Waals surface area contributed by atoms with E-state index in [1.807, 2.05) is 6.92 Å². The van der Waals surface area contributed by atoms with Crippen LogP contribution in [0, 0.1) is 6.92 Å². The van der Waals surface area contributed by atoms with Gasteiger partial charge in [-0.1, -0.05) is 0 Å². The molecule has 1 saturated heterocycles. The maximum Gasteiger partial charge on any atom is 0.181 e. The highest BCUT2D eigenvalue weighted by Crippen LogP contribution is 2.15. The number of rotatable bonds is 3. The molecule has 0 amide bonds. The Morgan fingerprint density at radius 2 is 2.38 bits per heavy atom. The molecule has 90 valence electrons. The first kappa shape index (κ1) is 11.6. The van der Waals surface area contributed by atoms with Crippen LogP contribution in [0.25, 0.3) is 0 Å². The average molecular weight is 223 g/mol. The second-order valence-electron chi connectivity index (χ2n) is 4.61. The predicted molar refractivity (Wildman–Crippen MR) is 63.2 cm³/mol. The fraction of sp³-hybridized carbons (Fsp3) is 0.750. The van der Waals surface area contributed by atoms with Crippen molar-refractivity contribution in [2.75, 3.05) is 20.1 Å². The van der Waals surface area contributed by atoms with Gasteiger partial charge < -0.3 is 9.73 Å². The molecule has 4 nitrogen and oxygen atoms in total. The Bertz CT molecular complexity index is 316. The molecule has 1 fully saturated rings. The van der Waals surface area contributed by atoms with E-state index in [0.29, 0.717) is 6.04 Å². The fourth-order valence-electron chi connectivity index (χ4n) is 2.29. The van der Waals surface area contributed by atoms with Crippen molar-refractivity contribution in [1.29, 1.82) is 0 Å². The lowest BCUT2D eigenvalue weighted by atomic mass is 10.1. The van der Waals surface area contributed by atoms with Crippen molar-refractivity contribution in [3.8, 4) is 0 Å². The summed E-state index contributed by atoms with van der Waals surface area (Å²) in [6.07, 6.45) is 5.31. The van der Waals surface area contributed by atoms with Crippen molar-refractivity contribution in [3.05, 3.63) is 17.8 Å². The quantitative estimate of drug-likeness (QED) is 0.844. The second kappa shape index (κ2) is 5.46. The average Bonchev–Trinajstić information content (AvgIpc) is 2.57. The van der Waals surface area contributed by atoms with E-state index in [1.165, 1.54) is 25.7 Å². The van der Waals surface area contributed by atoms with Gasteiger partial charge in [-0.05, 0) is 46.3 Å². The van der Waals surface area contributed by atoms with Gasteiger partial charge in [0.05, 0.1) is 5.69 Å². The largest absolute Gasteiger partial charge is 0.448 e. The lowest BCUT2D eigenvalue weighted by Gasteiger charge is -2.26. The van der Waals surface area contributed by atoms with Gasteiger partial charge in [0.15, 0.2) is 6.39 Å². The zero-order chi connectivity index (χ0) is 11.4. The minimum atomic E-state index is 0.672. The number of aromatic nitrogens is 1. The van der Waals surface area contributed by atoms with Crippen molar-refractivity contribution >= 4 is 0 Å². The summed E-state index contributed by atoms with van der Waals surface area (Å²) in [6, 6.07) is 0.672. The van der Waals surface area contributed by atoms with Gasteiger partial charge in [-0.3, -0.25) is 4.90 Å². The van der Waals surface area contributed by atoms with Gasteiger partial charge in [0.25, 0.3) is 0 Å². The van der Waals surface area contributed by atoms with Crippen LogP contribution in [0.1, 0.15) is 30.7 Å². The SMILES string of the molecule is Cc1ocnc1CN(C)C1CCCNCC1. The number of nitrogens with one attached hydrogen (secondary N) is 1. The molecule has 2 rings (SSSR count). The predicted octanol–water partition coefficient (Wildman–Crippen LogP) is 1.56. The first-order valence-electron chi connectivity index (χ1n) is 6.07. The third-order valence-electron chi connectivity index (χ3n) is 3.41. The summed E-state index contributed by atoms with van der Waals surface area (Å²) in [4.78, 5) is 6.65. The summed E-state index contributed by atoms with van der Waals surface area (Å²) >= 11 is 0. The summed E-state index contributed by atoms with van der Waals surface area (Å²) < 4.78 is 5.23. The minimum Gasteiger partial charge on any atom is -0.448 e. The number of aryl methyl sites for hydroxylation is 1. The Hall–Kier alpha value is -0.870. The van der Waals surface area contributed by atoms with E-state index in [-0.39, 0.29) is 0 Å². The standard InChI is InChI=1S/C12H21N3O/c1-10-12(14-9-16-10)8-15(2)11-4-3-6-13-7-5-11/h9,11,13H,3-8H2,1-2H3. The van der Waals surface area contributed by atoms with Gasteiger partial charge in [0.2, 0.25) is 0 Å². The first-order valence-corrected chi connectivity index (χ1v) is 6.07. The zero-order valence-electron chi connectivity index (χ0n) is 10.2. The van der Waals surface area contributed by atoms with Crippen LogP contribution in [0.3, 0.4) is 0 Å². The second-order valence-corrected chi connectivity index (χ2v) is 4.61. The molecule has 1 aliphatic rings. The smallest absolute Gasteiger partial charge is 0.181 e. The molecule has 0 spiro atoms. The molecule has 1 aliphatic heterocycles. The van der Waals surface area contributed by atoms with Crippen molar-refractivity contribution < 1.29 is 4.42 Å². The van der Waals surface area contributed by atoms with Gasteiger partial charge >= 0.3 is 0 Å². The molecule has 1 atom stereocenters. The summed E-state index contributed by atoms with van der Waals surface area (Å²) in [5.74, 6) is 0.943. The molecule has 1 N–H and O–H groups in total. The van der Waals surface area contributed by atoms with Gasteiger partial charge in [-0.15, -0.1) is 0 Å². The summed E-state index contributed by atoms with van der Waals surface area (Å²) in [5, 5.41) is 3.44. The maximum absolute atomic E-state index is 5.23. The summed E-state index contributed by atoms with van der Waals surface area (Å²) in [5.41, 5.74) is 1.07. The van der Waals surface area contributed by atoms with E-state index in [4.69, 9.17) is 4.42 Å². The molecule has 4 heteroatoms. The van der Waals surface area contributed by atoms with E-state index >= 15 is 0 Å². The Balaban J connectivity index is 1.91. The van der Waals surface area contributed by atoms with E-state index in [1.54, 1.807) is 0 Å². The highest BCUT2D eigenvalue weighted by atomic mass is 16.3. The van der Waals surface area contributed by atoms with Crippen LogP contribution in [0.15, 0.2) is 10.8 Å². The summed E-state index contributed by atoms with van der Waals surface area (Å²) in [7, 11) is 2.18. The third kappa shape index (κ3) is 2.83. The molecule has 0 radical (unpaired) electrons. The normalized spacial score (nSPS) is 22.3. The van der Waals surface area contributed by atoms with Gasteiger partial charge in [-0.2, -0.15) is 0 Å². The molecule has 1 unspecified atom stereocenters. The maximum atomic E-state index is 5.23. The molecule has 0 aromatic carbocycles. The van der Waals surface area contributed by atoms with E-state index in [0.717, 1.165) is 31.1 Å². The van der Waals surface area contributed by atoms with Crippen LogP contribution in [-0.2, 0) is 6.54 Å². The molecule has 16 heavy (non-hydrogen) atoms. The third-order valence-corrected chi connectivity index (χ3v) is 3.41. The molecule has 1 aromatic rings. The minimum absolute atomic E-state index is 0.672. The lowest BCUT2D eigenvalue weighted by Crippen LogP contribution is -2.32. The molecule has 0 aliphatic carbocycles. The number of hydrogen-bond acceptors (Lipinski definition) is 4. The molecular formula is C12H21N3O. The molecule has 2 heterocycles. The van der Waals surface area contributed by atoms with Gasteiger partial charge in [-0.25, -0.2) is 4.98 Å². The van der Waals surface area contributed by atoms with Crippen LogP contribution in [-0.4, -0.2) is 36.1 Å². The van der Waals surface area contributed by atoms with E-state index in [9.17, 15) is 0 Å². The van der Waals surface area contributed by atoms with Crippen LogP contribution in [0.2, 0.25) is 0 Å².